The Morgan fingerprint density at radius 2 is 1.87 bits per heavy atom. The van der Waals surface area contributed by atoms with Gasteiger partial charge in [-0.05, 0) is 30.3 Å². The number of hydrogen-bond acceptors (Lipinski definition) is 4. The Bertz CT molecular complexity index is 1310. The van der Waals surface area contributed by atoms with Gasteiger partial charge >= 0.3 is 6.18 Å². The average Bonchev–Trinajstić information content (AvgIpc) is 3.15. The van der Waals surface area contributed by atoms with E-state index in [9.17, 15) is 22.4 Å². The minimum absolute atomic E-state index is 0.405. The molecule has 0 aliphatic rings. The predicted octanol–water partition coefficient (Wildman–Crippen LogP) is 4.33. The van der Waals surface area contributed by atoms with E-state index in [4.69, 9.17) is 4.74 Å². The maximum absolute atomic E-state index is 13.8. The predicted molar refractivity (Wildman–Crippen MR) is 105 cm³/mol. The molecule has 0 amide bonds. The molecular weight excluding hydrogens is 416 g/mol. The number of hydrogen-bond donors (Lipinski definition) is 0. The first-order chi connectivity index (χ1) is 14.7. The number of halogens is 4. The molecule has 0 unspecified atom stereocenters. The molecule has 4 rings (SSSR count). The van der Waals surface area contributed by atoms with Crippen molar-refractivity contribution in [2.24, 2.45) is 0 Å². The van der Waals surface area contributed by atoms with Gasteiger partial charge in [-0.3, -0.25) is 4.79 Å². The van der Waals surface area contributed by atoms with Gasteiger partial charge in [-0.2, -0.15) is 18.3 Å². The van der Waals surface area contributed by atoms with E-state index >= 15 is 0 Å². The van der Waals surface area contributed by atoms with E-state index < -0.39 is 30.5 Å². The van der Waals surface area contributed by atoms with Crippen molar-refractivity contribution in [2.75, 3.05) is 7.11 Å². The van der Waals surface area contributed by atoms with Gasteiger partial charge in [0.05, 0.1) is 31.0 Å². The first kappa shape index (κ1) is 20.6. The topological polar surface area (TPSA) is 61.4 Å². The number of methoxy groups -OCH3 is 1. The maximum Gasteiger partial charge on any atom is 0.390 e. The fourth-order valence-corrected chi connectivity index (χ4v) is 3.21. The number of rotatable bonds is 5. The Kier molecular flexibility index (Phi) is 5.22. The molecule has 6 nitrogen and oxygen atoms in total. The highest BCUT2D eigenvalue weighted by Crippen LogP contribution is 2.33. The number of aryl methyl sites for hydroxylation is 1. The second kappa shape index (κ2) is 7.86. The fourth-order valence-electron chi connectivity index (χ4n) is 3.21. The van der Waals surface area contributed by atoms with Gasteiger partial charge in [0.2, 0.25) is 0 Å². The lowest BCUT2D eigenvalue weighted by Gasteiger charge is -2.10. The largest absolute Gasteiger partial charge is 0.496 e. The van der Waals surface area contributed by atoms with Crippen molar-refractivity contribution in [1.29, 1.82) is 0 Å². The summed E-state index contributed by atoms with van der Waals surface area (Å²) < 4.78 is 58.9. The Morgan fingerprint density at radius 3 is 2.58 bits per heavy atom. The van der Waals surface area contributed by atoms with Gasteiger partial charge in [-0.1, -0.05) is 0 Å². The number of fused-ring (bicyclic) bond motifs is 1. The highest BCUT2D eigenvalue weighted by Gasteiger charge is 2.26. The highest BCUT2D eigenvalue weighted by atomic mass is 19.4. The third kappa shape index (κ3) is 4.27. The van der Waals surface area contributed by atoms with E-state index in [1.54, 1.807) is 12.3 Å². The van der Waals surface area contributed by atoms with Gasteiger partial charge in [0.15, 0.2) is 5.65 Å². The molecule has 4 aromatic rings. The van der Waals surface area contributed by atoms with E-state index in [1.165, 1.54) is 54.4 Å². The molecule has 1 aromatic carbocycles. The lowest BCUT2D eigenvalue weighted by Crippen LogP contribution is -2.22. The van der Waals surface area contributed by atoms with Gasteiger partial charge < -0.3 is 9.30 Å². The summed E-state index contributed by atoms with van der Waals surface area (Å²) in [5.41, 5.74) is 1.69. The molecule has 0 atom stereocenters. The average molecular weight is 432 g/mol. The molecule has 3 heterocycles. The molecule has 0 saturated carbocycles. The van der Waals surface area contributed by atoms with Crippen LogP contribution < -0.4 is 10.3 Å². The van der Waals surface area contributed by atoms with Crippen molar-refractivity contribution in [3.63, 3.8) is 0 Å². The van der Waals surface area contributed by atoms with Crippen LogP contribution in [0.5, 0.6) is 5.75 Å². The van der Waals surface area contributed by atoms with E-state index in [-0.39, 0.29) is 0 Å². The Balaban J connectivity index is 1.74. The summed E-state index contributed by atoms with van der Waals surface area (Å²) in [4.78, 5) is 16.8. The van der Waals surface area contributed by atoms with Gasteiger partial charge in [0, 0.05) is 36.1 Å². The van der Waals surface area contributed by atoms with Crippen LogP contribution in [-0.2, 0) is 6.54 Å². The Hall–Kier alpha value is -3.69. The van der Waals surface area contributed by atoms with Crippen LogP contribution in [0.4, 0.5) is 17.6 Å². The molecule has 10 heteroatoms. The van der Waals surface area contributed by atoms with Crippen LogP contribution in [0.25, 0.3) is 28.0 Å². The zero-order valence-electron chi connectivity index (χ0n) is 16.2. The van der Waals surface area contributed by atoms with Crippen LogP contribution in [0.3, 0.4) is 0 Å². The van der Waals surface area contributed by atoms with E-state index in [0.29, 0.717) is 33.8 Å². The lowest BCUT2D eigenvalue weighted by atomic mass is 10.1. The van der Waals surface area contributed by atoms with Crippen LogP contribution in [0, 0.1) is 5.82 Å². The lowest BCUT2D eigenvalue weighted by molar-refractivity contribution is -0.136. The van der Waals surface area contributed by atoms with E-state index in [1.807, 2.05) is 0 Å². The SMILES string of the molecule is COc1ccc(F)cc1-c1cnn2ccc(-c3ccn(CCC(F)(F)F)c(=O)c3)nc12. The first-order valence-electron chi connectivity index (χ1n) is 9.21. The number of benzene rings is 1. The van der Waals surface area contributed by atoms with Crippen LogP contribution >= 0.6 is 0 Å². The summed E-state index contributed by atoms with van der Waals surface area (Å²) in [5, 5.41) is 4.22. The van der Waals surface area contributed by atoms with Crippen molar-refractivity contribution in [2.45, 2.75) is 19.1 Å². The summed E-state index contributed by atoms with van der Waals surface area (Å²) in [5.74, 6) is -0.00969. The van der Waals surface area contributed by atoms with E-state index in [0.717, 1.165) is 4.57 Å². The summed E-state index contributed by atoms with van der Waals surface area (Å²) in [6, 6.07) is 8.47. The standard InChI is InChI=1S/C21H16F4N4O2/c1-31-18-3-2-14(22)11-15(18)16-12-26-29-8-5-17(27-20(16)29)13-4-7-28(19(30)10-13)9-6-21(23,24)25/h2-5,7-8,10-12H,6,9H2,1H3. The van der Waals surface area contributed by atoms with Crippen molar-refractivity contribution in [3.8, 4) is 28.1 Å². The molecule has 3 aromatic heterocycles. The zero-order valence-corrected chi connectivity index (χ0v) is 16.2. The van der Waals surface area contributed by atoms with Crippen LogP contribution in [0.1, 0.15) is 6.42 Å². The van der Waals surface area contributed by atoms with E-state index in [2.05, 4.69) is 10.1 Å². The number of pyridine rings is 1. The molecule has 0 N–H and O–H groups in total. The molecule has 160 valence electrons. The number of alkyl halides is 3. The quantitative estimate of drug-likeness (QED) is 0.441. The fraction of sp³-hybridized carbons (Fsp3) is 0.190. The smallest absolute Gasteiger partial charge is 0.390 e. The summed E-state index contributed by atoms with van der Waals surface area (Å²) in [6.45, 7) is -0.457. The third-order valence-corrected chi connectivity index (χ3v) is 4.75. The molecule has 0 spiro atoms. The first-order valence-corrected chi connectivity index (χ1v) is 9.21. The monoisotopic (exact) mass is 432 g/mol. The molecule has 0 fully saturated rings. The zero-order chi connectivity index (χ0) is 22.2. The Labute approximate surface area is 173 Å². The van der Waals surface area contributed by atoms with Crippen molar-refractivity contribution in [3.05, 3.63) is 71.2 Å². The van der Waals surface area contributed by atoms with Crippen LogP contribution in [0.2, 0.25) is 0 Å². The van der Waals surface area contributed by atoms with Gasteiger partial charge in [-0.25, -0.2) is 13.9 Å². The summed E-state index contributed by atoms with van der Waals surface area (Å²) in [7, 11) is 1.47. The van der Waals surface area contributed by atoms with Crippen LogP contribution in [0.15, 0.2) is 59.8 Å². The number of nitrogens with zero attached hydrogens (tertiary/aromatic N) is 4. The second-order valence-corrected chi connectivity index (χ2v) is 6.80. The second-order valence-electron chi connectivity index (χ2n) is 6.80. The third-order valence-electron chi connectivity index (χ3n) is 4.75. The molecule has 0 bridgehead atoms. The maximum atomic E-state index is 13.8. The highest BCUT2D eigenvalue weighted by molar-refractivity contribution is 5.82. The normalized spacial score (nSPS) is 11.8. The molecular formula is C21H16F4N4O2. The van der Waals surface area contributed by atoms with Crippen molar-refractivity contribution < 1.29 is 22.3 Å². The Morgan fingerprint density at radius 1 is 1.06 bits per heavy atom. The van der Waals surface area contributed by atoms with Crippen molar-refractivity contribution in [1.82, 2.24) is 19.2 Å². The minimum atomic E-state index is -4.35. The summed E-state index contributed by atoms with van der Waals surface area (Å²) in [6.07, 6.45) is -0.977. The van der Waals surface area contributed by atoms with Gasteiger partial charge in [0.25, 0.3) is 5.56 Å². The van der Waals surface area contributed by atoms with Crippen molar-refractivity contribution >= 4 is 5.65 Å². The molecule has 0 aliphatic heterocycles. The van der Waals surface area contributed by atoms with Gasteiger partial charge in [-0.15, -0.1) is 0 Å². The molecule has 0 saturated heterocycles. The number of aromatic nitrogens is 4. The van der Waals surface area contributed by atoms with Crippen LogP contribution in [-0.4, -0.2) is 32.5 Å². The molecule has 31 heavy (non-hydrogen) atoms. The minimum Gasteiger partial charge on any atom is -0.496 e. The van der Waals surface area contributed by atoms with Gasteiger partial charge in [0.1, 0.15) is 11.6 Å². The number of ether oxygens (including phenoxy) is 1. The molecule has 0 radical (unpaired) electrons. The summed E-state index contributed by atoms with van der Waals surface area (Å²) >= 11 is 0. The molecule has 0 aliphatic carbocycles.